The number of amides is 1. The molecule has 122 valence electrons. The van der Waals surface area contributed by atoms with Crippen molar-refractivity contribution in [1.82, 2.24) is 20.1 Å². The molecule has 8 heteroatoms. The van der Waals surface area contributed by atoms with Crippen LogP contribution in [0.3, 0.4) is 0 Å². The average molecular weight is 322 g/mol. The maximum absolute atomic E-state index is 14.0. The molecule has 0 bridgehead atoms. The fourth-order valence-electron chi connectivity index (χ4n) is 2.54. The van der Waals surface area contributed by atoms with Crippen LogP contribution in [-0.4, -0.2) is 27.8 Å². The first-order valence-electron chi connectivity index (χ1n) is 7.19. The zero-order valence-corrected chi connectivity index (χ0v) is 12.7. The van der Waals surface area contributed by atoms with E-state index < -0.39 is 29.1 Å². The third-order valence-corrected chi connectivity index (χ3v) is 3.91. The molecule has 1 fully saturated rings. The molecular formula is C15H16F2N4O2. The van der Waals surface area contributed by atoms with Crippen molar-refractivity contribution in [2.45, 2.75) is 18.9 Å². The molecule has 1 amide bonds. The van der Waals surface area contributed by atoms with E-state index in [2.05, 4.69) is 15.4 Å². The predicted molar refractivity (Wildman–Crippen MR) is 76.8 cm³/mol. The van der Waals surface area contributed by atoms with E-state index in [1.807, 2.05) is 0 Å². The minimum atomic E-state index is -1.23. The van der Waals surface area contributed by atoms with E-state index >= 15 is 0 Å². The van der Waals surface area contributed by atoms with E-state index in [-0.39, 0.29) is 11.7 Å². The van der Waals surface area contributed by atoms with Crippen LogP contribution < -0.4 is 10.1 Å². The highest BCUT2D eigenvalue weighted by Gasteiger charge is 2.37. The molecule has 6 nitrogen and oxygen atoms in total. The first-order chi connectivity index (χ1) is 11.0. The molecule has 1 N–H and O–H groups in total. The van der Waals surface area contributed by atoms with Crippen LogP contribution in [-0.2, 0) is 7.05 Å². The average Bonchev–Trinajstić information content (AvgIpc) is 3.29. The number of hydrogen-bond acceptors (Lipinski definition) is 4. The smallest absolute Gasteiger partial charge is 0.258 e. The number of aromatic nitrogens is 3. The van der Waals surface area contributed by atoms with Gasteiger partial charge in [-0.3, -0.25) is 9.48 Å². The molecule has 1 heterocycles. The summed E-state index contributed by atoms with van der Waals surface area (Å²) >= 11 is 0. The van der Waals surface area contributed by atoms with Gasteiger partial charge in [0.25, 0.3) is 5.91 Å². The second-order valence-corrected chi connectivity index (χ2v) is 5.47. The number of halogens is 2. The van der Waals surface area contributed by atoms with Crippen LogP contribution in [0.1, 0.15) is 35.1 Å². The molecule has 1 aliphatic carbocycles. The van der Waals surface area contributed by atoms with E-state index in [1.54, 1.807) is 11.7 Å². The van der Waals surface area contributed by atoms with Crippen molar-refractivity contribution >= 4 is 5.91 Å². The van der Waals surface area contributed by atoms with Crippen LogP contribution in [0, 0.1) is 17.6 Å². The van der Waals surface area contributed by atoms with Gasteiger partial charge in [0.15, 0.2) is 11.6 Å². The number of hydrogen-bond donors (Lipinski definition) is 1. The van der Waals surface area contributed by atoms with Crippen LogP contribution in [0.4, 0.5) is 8.78 Å². The number of rotatable bonds is 5. The van der Waals surface area contributed by atoms with Gasteiger partial charge >= 0.3 is 0 Å². The van der Waals surface area contributed by atoms with Crippen LogP contribution in [0.15, 0.2) is 18.5 Å². The van der Waals surface area contributed by atoms with E-state index in [1.165, 1.54) is 19.5 Å². The van der Waals surface area contributed by atoms with E-state index in [0.717, 1.165) is 18.9 Å². The van der Waals surface area contributed by atoms with Crippen molar-refractivity contribution in [3.05, 3.63) is 41.5 Å². The zero-order valence-electron chi connectivity index (χ0n) is 12.7. The molecule has 23 heavy (non-hydrogen) atoms. The second-order valence-electron chi connectivity index (χ2n) is 5.47. The van der Waals surface area contributed by atoms with Crippen molar-refractivity contribution in [2.24, 2.45) is 13.0 Å². The quantitative estimate of drug-likeness (QED) is 0.914. The Bertz CT molecular complexity index is 743. The number of aryl methyl sites for hydroxylation is 1. The SMILES string of the molecule is COc1ccc(F)c(F)c1C(=O)NC(c1ncnn1C)C1CC1. The highest BCUT2D eigenvalue weighted by atomic mass is 19.2. The standard InChI is InChI=1S/C15H16F2N4O2/c1-21-14(18-7-19-21)13(8-3-4-8)20-15(22)11-10(23-2)6-5-9(16)12(11)17/h5-8,13H,3-4H2,1-2H3,(H,20,22). The lowest BCUT2D eigenvalue weighted by molar-refractivity contribution is 0.0920. The summed E-state index contributed by atoms with van der Waals surface area (Å²) in [6, 6.07) is 1.75. The number of methoxy groups -OCH3 is 1. The molecule has 1 aromatic heterocycles. The maximum Gasteiger partial charge on any atom is 0.258 e. The molecular weight excluding hydrogens is 306 g/mol. The van der Waals surface area contributed by atoms with Crippen LogP contribution in [0.25, 0.3) is 0 Å². The van der Waals surface area contributed by atoms with Crippen LogP contribution >= 0.6 is 0 Å². The third kappa shape index (κ3) is 2.88. The molecule has 3 rings (SSSR count). The molecule has 2 aromatic rings. The summed E-state index contributed by atoms with van der Waals surface area (Å²) in [4.78, 5) is 16.6. The fraction of sp³-hybridized carbons (Fsp3) is 0.400. The van der Waals surface area contributed by atoms with E-state index in [9.17, 15) is 13.6 Å². The summed E-state index contributed by atoms with van der Waals surface area (Å²) in [6.07, 6.45) is 3.25. The van der Waals surface area contributed by atoms with Gasteiger partial charge in [0.2, 0.25) is 0 Å². The maximum atomic E-state index is 14.0. The van der Waals surface area contributed by atoms with Gasteiger partial charge in [-0.2, -0.15) is 5.10 Å². The molecule has 1 saturated carbocycles. The molecule has 1 aliphatic rings. The number of ether oxygens (including phenoxy) is 1. The van der Waals surface area contributed by atoms with Gasteiger partial charge in [0.05, 0.1) is 13.2 Å². The lowest BCUT2D eigenvalue weighted by Crippen LogP contribution is -2.32. The van der Waals surface area contributed by atoms with Crippen molar-refractivity contribution in [1.29, 1.82) is 0 Å². The fourth-order valence-corrected chi connectivity index (χ4v) is 2.54. The highest BCUT2D eigenvalue weighted by Crippen LogP contribution is 2.40. The lowest BCUT2D eigenvalue weighted by Gasteiger charge is -2.18. The minimum absolute atomic E-state index is 0.0195. The Morgan fingerprint density at radius 3 is 2.74 bits per heavy atom. The number of carbonyl (C=O) groups is 1. The van der Waals surface area contributed by atoms with Gasteiger partial charge < -0.3 is 10.1 Å². The summed E-state index contributed by atoms with van der Waals surface area (Å²) in [7, 11) is 3.01. The minimum Gasteiger partial charge on any atom is -0.496 e. The molecule has 1 aromatic carbocycles. The summed E-state index contributed by atoms with van der Waals surface area (Å²) < 4.78 is 34.0. The van der Waals surface area contributed by atoms with Gasteiger partial charge in [-0.15, -0.1) is 0 Å². The highest BCUT2D eigenvalue weighted by molar-refractivity contribution is 5.97. The van der Waals surface area contributed by atoms with Crippen molar-refractivity contribution in [3.63, 3.8) is 0 Å². The molecule has 0 radical (unpaired) electrons. The van der Waals surface area contributed by atoms with Crippen molar-refractivity contribution in [2.75, 3.05) is 7.11 Å². The second kappa shape index (κ2) is 5.94. The first-order valence-corrected chi connectivity index (χ1v) is 7.19. The number of benzene rings is 1. The largest absolute Gasteiger partial charge is 0.496 e. The normalized spacial score (nSPS) is 15.3. The Hall–Kier alpha value is -2.51. The number of nitrogens with one attached hydrogen (secondary N) is 1. The third-order valence-electron chi connectivity index (χ3n) is 3.91. The van der Waals surface area contributed by atoms with Crippen molar-refractivity contribution < 1.29 is 18.3 Å². The molecule has 0 saturated heterocycles. The Morgan fingerprint density at radius 1 is 1.43 bits per heavy atom. The van der Waals surface area contributed by atoms with Crippen LogP contribution in [0.2, 0.25) is 0 Å². The zero-order chi connectivity index (χ0) is 16.6. The molecule has 0 aliphatic heterocycles. The number of nitrogens with zero attached hydrogens (tertiary/aromatic N) is 3. The first kappa shape index (κ1) is 15.4. The van der Waals surface area contributed by atoms with Gasteiger partial charge in [-0.1, -0.05) is 0 Å². The monoisotopic (exact) mass is 322 g/mol. The lowest BCUT2D eigenvalue weighted by atomic mass is 10.1. The Kier molecular flexibility index (Phi) is 3.97. The molecule has 1 atom stereocenters. The predicted octanol–water partition coefficient (Wildman–Crippen LogP) is 1.98. The number of carbonyl (C=O) groups excluding carboxylic acids is 1. The summed E-state index contributed by atoms with van der Waals surface area (Å²) in [5, 5.41) is 6.72. The van der Waals surface area contributed by atoms with Gasteiger partial charge in [-0.05, 0) is 30.9 Å². The van der Waals surface area contributed by atoms with Crippen LogP contribution in [0.5, 0.6) is 5.75 Å². The van der Waals surface area contributed by atoms with E-state index in [0.29, 0.717) is 5.82 Å². The summed E-state index contributed by atoms with van der Waals surface area (Å²) in [5.41, 5.74) is -0.444. The van der Waals surface area contributed by atoms with Gasteiger partial charge in [0.1, 0.15) is 23.5 Å². The Balaban J connectivity index is 1.92. The van der Waals surface area contributed by atoms with Crippen molar-refractivity contribution in [3.8, 4) is 5.75 Å². The van der Waals surface area contributed by atoms with Gasteiger partial charge in [0, 0.05) is 7.05 Å². The Labute approximate surface area is 131 Å². The molecule has 0 spiro atoms. The summed E-state index contributed by atoms with van der Waals surface area (Å²) in [6.45, 7) is 0. The topological polar surface area (TPSA) is 69.0 Å². The van der Waals surface area contributed by atoms with Gasteiger partial charge in [-0.25, -0.2) is 13.8 Å². The molecule has 1 unspecified atom stereocenters. The summed E-state index contributed by atoms with van der Waals surface area (Å²) in [5.74, 6) is -2.29. The van der Waals surface area contributed by atoms with E-state index in [4.69, 9.17) is 4.74 Å². The Morgan fingerprint density at radius 2 is 2.17 bits per heavy atom.